The Labute approximate surface area is 107 Å². The molecule has 0 saturated heterocycles. The number of nitrogens with zero attached hydrogens (tertiary/aromatic N) is 3. The van der Waals surface area contributed by atoms with E-state index < -0.39 is 0 Å². The van der Waals surface area contributed by atoms with Gasteiger partial charge in [-0.1, -0.05) is 17.3 Å². The lowest BCUT2D eigenvalue weighted by Gasteiger charge is -2.14. The van der Waals surface area contributed by atoms with Crippen molar-refractivity contribution >= 4 is 0 Å². The fraction of sp³-hybridized carbons (Fsp3) is 0.385. The number of methoxy groups -OCH3 is 1. The second kappa shape index (κ2) is 5.64. The lowest BCUT2D eigenvalue weighted by atomic mass is 10.1. The predicted molar refractivity (Wildman–Crippen MR) is 69.3 cm³/mol. The van der Waals surface area contributed by atoms with Crippen molar-refractivity contribution < 1.29 is 4.74 Å². The van der Waals surface area contributed by atoms with Crippen LogP contribution in [0.3, 0.4) is 0 Å². The van der Waals surface area contributed by atoms with Gasteiger partial charge in [-0.15, -0.1) is 5.10 Å². The third kappa shape index (κ3) is 2.87. The van der Waals surface area contributed by atoms with Crippen LogP contribution < -0.4 is 10.1 Å². The van der Waals surface area contributed by atoms with E-state index in [2.05, 4.69) is 34.7 Å². The van der Waals surface area contributed by atoms with Crippen molar-refractivity contribution in [3.05, 3.63) is 41.7 Å². The summed E-state index contributed by atoms with van der Waals surface area (Å²) in [7, 11) is 3.56. The van der Waals surface area contributed by atoms with E-state index in [-0.39, 0.29) is 6.04 Å². The smallest absolute Gasteiger partial charge is 0.118 e. The van der Waals surface area contributed by atoms with E-state index in [9.17, 15) is 0 Å². The fourth-order valence-electron chi connectivity index (χ4n) is 1.74. The van der Waals surface area contributed by atoms with E-state index in [1.54, 1.807) is 18.0 Å². The average Bonchev–Trinajstić information content (AvgIpc) is 2.81. The number of nitrogens with one attached hydrogen (secondary N) is 1. The molecule has 0 aliphatic heterocycles. The molecule has 0 aliphatic rings. The van der Waals surface area contributed by atoms with Gasteiger partial charge in [0.1, 0.15) is 5.75 Å². The lowest BCUT2D eigenvalue weighted by molar-refractivity contribution is 0.414. The summed E-state index contributed by atoms with van der Waals surface area (Å²) in [5, 5.41) is 11.2. The Balaban J connectivity index is 1.94. The first-order valence-electron chi connectivity index (χ1n) is 5.91. The molecule has 1 N–H and O–H groups in total. The summed E-state index contributed by atoms with van der Waals surface area (Å²) < 4.78 is 6.91. The van der Waals surface area contributed by atoms with E-state index in [1.165, 1.54) is 5.56 Å². The molecule has 0 radical (unpaired) electrons. The number of aryl methyl sites for hydroxylation is 1. The number of hydrogen-bond acceptors (Lipinski definition) is 4. The standard InChI is InChI=1S/C13H18N4O/c1-10(11-4-6-13(18-3)7-5-11)14-8-12-9-15-16-17(12)2/h4-7,9-10,14H,8H2,1-3H3/t10-/m0/s1. The molecule has 0 unspecified atom stereocenters. The number of ether oxygens (including phenoxy) is 1. The number of aromatic nitrogens is 3. The van der Waals surface area contributed by atoms with Crippen LogP contribution in [-0.4, -0.2) is 22.1 Å². The topological polar surface area (TPSA) is 52.0 Å². The van der Waals surface area contributed by atoms with Crippen LogP contribution in [0.5, 0.6) is 5.75 Å². The van der Waals surface area contributed by atoms with E-state index in [1.807, 2.05) is 19.2 Å². The third-order valence-electron chi connectivity index (χ3n) is 3.01. The molecule has 5 heteroatoms. The molecule has 96 valence electrons. The van der Waals surface area contributed by atoms with Crippen LogP contribution in [0.1, 0.15) is 24.2 Å². The molecule has 0 bridgehead atoms. The predicted octanol–water partition coefficient (Wildman–Crippen LogP) is 1.67. The number of rotatable bonds is 5. The molecular formula is C13H18N4O. The van der Waals surface area contributed by atoms with E-state index in [0.29, 0.717) is 0 Å². The Hall–Kier alpha value is -1.88. The second-order valence-electron chi connectivity index (χ2n) is 4.22. The minimum Gasteiger partial charge on any atom is -0.497 e. The van der Waals surface area contributed by atoms with Crippen molar-refractivity contribution in [1.82, 2.24) is 20.3 Å². The molecule has 1 heterocycles. The average molecular weight is 246 g/mol. The quantitative estimate of drug-likeness (QED) is 0.872. The minimum atomic E-state index is 0.269. The maximum absolute atomic E-state index is 5.14. The van der Waals surface area contributed by atoms with Gasteiger partial charge in [-0.3, -0.25) is 4.68 Å². The molecule has 1 atom stereocenters. The van der Waals surface area contributed by atoms with Gasteiger partial charge >= 0.3 is 0 Å². The van der Waals surface area contributed by atoms with Crippen LogP contribution in [0, 0.1) is 0 Å². The fourth-order valence-corrected chi connectivity index (χ4v) is 1.74. The first-order chi connectivity index (χ1) is 8.70. The zero-order chi connectivity index (χ0) is 13.0. The summed E-state index contributed by atoms with van der Waals surface area (Å²) in [5.74, 6) is 0.877. The maximum Gasteiger partial charge on any atom is 0.118 e. The van der Waals surface area contributed by atoms with Crippen molar-refractivity contribution in [3.63, 3.8) is 0 Å². The van der Waals surface area contributed by atoms with Crippen LogP contribution in [0.15, 0.2) is 30.5 Å². The van der Waals surface area contributed by atoms with Crippen molar-refractivity contribution in [3.8, 4) is 5.75 Å². The van der Waals surface area contributed by atoms with Crippen LogP contribution in [0.25, 0.3) is 0 Å². The largest absolute Gasteiger partial charge is 0.497 e. The summed E-state index contributed by atoms with van der Waals surface area (Å²) in [6, 6.07) is 8.35. The first-order valence-corrected chi connectivity index (χ1v) is 5.91. The SMILES string of the molecule is COc1ccc([C@H](C)NCc2cnnn2C)cc1. The highest BCUT2D eigenvalue weighted by Gasteiger charge is 2.06. The molecule has 18 heavy (non-hydrogen) atoms. The van der Waals surface area contributed by atoms with Gasteiger partial charge in [-0.25, -0.2) is 0 Å². The highest BCUT2D eigenvalue weighted by molar-refractivity contribution is 5.28. The minimum absolute atomic E-state index is 0.269. The molecule has 0 saturated carbocycles. The maximum atomic E-state index is 5.14. The van der Waals surface area contributed by atoms with Crippen LogP contribution >= 0.6 is 0 Å². The van der Waals surface area contributed by atoms with Crippen LogP contribution in [0.4, 0.5) is 0 Å². The van der Waals surface area contributed by atoms with Crippen LogP contribution in [0.2, 0.25) is 0 Å². The molecule has 0 amide bonds. The van der Waals surface area contributed by atoms with Gasteiger partial charge in [-0.05, 0) is 24.6 Å². The second-order valence-corrected chi connectivity index (χ2v) is 4.22. The lowest BCUT2D eigenvalue weighted by Crippen LogP contribution is -2.19. The Kier molecular flexibility index (Phi) is 3.94. The molecule has 1 aromatic carbocycles. The van der Waals surface area contributed by atoms with E-state index in [4.69, 9.17) is 4.74 Å². The Morgan fingerprint density at radius 1 is 1.33 bits per heavy atom. The normalized spacial score (nSPS) is 12.4. The van der Waals surface area contributed by atoms with Gasteiger partial charge in [0.05, 0.1) is 19.0 Å². The van der Waals surface area contributed by atoms with Crippen molar-refractivity contribution in [2.75, 3.05) is 7.11 Å². The zero-order valence-corrected chi connectivity index (χ0v) is 10.9. The molecule has 2 rings (SSSR count). The molecular weight excluding hydrogens is 228 g/mol. The molecule has 1 aromatic heterocycles. The highest BCUT2D eigenvalue weighted by Crippen LogP contribution is 2.17. The summed E-state index contributed by atoms with van der Waals surface area (Å²) in [6.45, 7) is 2.88. The molecule has 0 spiro atoms. The highest BCUT2D eigenvalue weighted by atomic mass is 16.5. The van der Waals surface area contributed by atoms with E-state index in [0.717, 1.165) is 18.0 Å². The van der Waals surface area contributed by atoms with Gasteiger partial charge in [0.2, 0.25) is 0 Å². The van der Waals surface area contributed by atoms with Crippen molar-refractivity contribution in [2.24, 2.45) is 7.05 Å². The Bertz CT molecular complexity index is 492. The molecule has 2 aromatic rings. The van der Waals surface area contributed by atoms with Gasteiger partial charge in [-0.2, -0.15) is 0 Å². The van der Waals surface area contributed by atoms with Gasteiger partial charge in [0, 0.05) is 19.6 Å². The number of hydrogen-bond donors (Lipinski definition) is 1. The Morgan fingerprint density at radius 3 is 2.61 bits per heavy atom. The monoisotopic (exact) mass is 246 g/mol. The summed E-state index contributed by atoms with van der Waals surface area (Å²) >= 11 is 0. The van der Waals surface area contributed by atoms with E-state index >= 15 is 0 Å². The third-order valence-corrected chi connectivity index (χ3v) is 3.01. The van der Waals surface area contributed by atoms with Crippen LogP contribution in [-0.2, 0) is 13.6 Å². The van der Waals surface area contributed by atoms with Crippen molar-refractivity contribution in [1.29, 1.82) is 0 Å². The summed E-state index contributed by atoms with van der Waals surface area (Å²) in [5.41, 5.74) is 2.29. The summed E-state index contributed by atoms with van der Waals surface area (Å²) in [6.07, 6.45) is 1.77. The first kappa shape index (κ1) is 12.6. The molecule has 0 aliphatic carbocycles. The summed E-state index contributed by atoms with van der Waals surface area (Å²) in [4.78, 5) is 0. The Morgan fingerprint density at radius 2 is 2.06 bits per heavy atom. The van der Waals surface area contributed by atoms with Gasteiger partial charge in [0.25, 0.3) is 0 Å². The molecule has 0 fully saturated rings. The number of benzene rings is 1. The zero-order valence-electron chi connectivity index (χ0n) is 10.9. The van der Waals surface area contributed by atoms with Crippen molar-refractivity contribution in [2.45, 2.75) is 19.5 Å². The van der Waals surface area contributed by atoms with Gasteiger partial charge in [0.15, 0.2) is 0 Å². The molecule has 5 nitrogen and oxygen atoms in total. The van der Waals surface area contributed by atoms with Gasteiger partial charge < -0.3 is 10.1 Å².